The van der Waals surface area contributed by atoms with Crippen LogP contribution in [0.25, 0.3) is 5.65 Å². The number of aliphatic hydroxyl groups excluding tert-OH is 1. The highest BCUT2D eigenvalue weighted by Gasteiger charge is 2.36. The van der Waals surface area contributed by atoms with Crippen molar-refractivity contribution in [2.45, 2.75) is 25.5 Å². The van der Waals surface area contributed by atoms with E-state index in [-0.39, 0.29) is 24.3 Å². The van der Waals surface area contributed by atoms with Gasteiger partial charge in [-0.25, -0.2) is 9.37 Å². The summed E-state index contributed by atoms with van der Waals surface area (Å²) >= 11 is 0. The fraction of sp³-hybridized carbons (Fsp3) is 0.263. The van der Waals surface area contributed by atoms with Gasteiger partial charge in [-0.2, -0.15) is 0 Å². The summed E-state index contributed by atoms with van der Waals surface area (Å²) in [5.41, 5.74) is 2.77. The average Bonchev–Trinajstić information content (AvgIpc) is 3.17. The van der Waals surface area contributed by atoms with E-state index in [4.69, 9.17) is 0 Å². The molecule has 6 heteroatoms. The number of carbonyl (C=O) groups is 1. The molecule has 128 valence electrons. The summed E-state index contributed by atoms with van der Waals surface area (Å²) in [4.78, 5) is 18.9. The first-order chi connectivity index (χ1) is 12.0. The number of carbonyl (C=O) groups excluding carboxylic acids is 1. The first kappa shape index (κ1) is 15.8. The van der Waals surface area contributed by atoms with Crippen LogP contribution in [0, 0.1) is 12.7 Å². The van der Waals surface area contributed by atoms with Crippen molar-refractivity contribution < 1.29 is 14.3 Å². The maximum atomic E-state index is 13.6. The number of rotatable bonds is 2. The minimum absolute atomic E-state index is 0.215. The summed E-state index contributed by atoms with van der Waals surface area (Å²) in [7, 11) is 0. The summed E-state index contributed by atoms with van der Waals surface area (Å²) in [5, 5.41) is 10.1. The lowest BCUT2D eigenvalue weighted by atomic mass is 10.0. The van der Waals surface area contributed by atoms with Gasteiger partial charge in [0.05, 0.1) is 12.1 Å². The van der Waals surface area contributed by atoms with Crippen LogP contribution < -0.4 is 0 Å². The van der Waals surface area contributed by atoms with Crippen LogP contribution in [0.5, 0.6) is 0 Å². The molecule has 2 aromatic heterocycles. The van der Waals surface area contributed by atoms with Crippen LogP contribution >= 0.6 is 0 Å². The lowest BCUT2D eigenvalue weighted by molar-refractivity contribution is 0.0710. The molecule has 3 heterocycles. The first-order valence-electron chi connectivity index (χ1n) is 8.21. The molecule has 0 unspecified atom stereocenters. The normalized spacial score (nSPS) is 20.4. The number of benzene rings is 1. The molecule has 25 heavy (non-hydrogen) atoms. The number of pyridine rings is 1. The molecule has 1 saturated heterocycles. The maximum absolute atomic E-state index is 13.6. The molecule has 2 atom stereocenters. The van der Waals surface area contributed by atoms with Crippen LogP contribution in [0.2, 0.25) is 0 Å². The van der Waals surface area contributed by atoms with Crippen molar-refractivity contribution in [1.29, 1.82) is 0 Å². The summed E-state index contributed by atoms with van der Waals surface area (Å²) in [6.07, 6.45) is 3.31. The van der Waals surface area contributed by atoms with Crippen LogP contribution in [-0.4, -0.2) is 37.9 Å². The lowest BCUT2D eigenvalue weighted by Crippen LogP contribution is -2.32. The van der Waals surface area contributed by atoms with Crippen LogP contribution in [0.4, 0.5) is 4.39 Å². The van der Waals surface area contributed by atoms with Crippen LogP contribution in [-0.2, 0) is 0 Å². The standard InChI is InChI=1S/C19H18FN3O2/c1-12-5-6-22-11-16(21-18(22)7-12)19(25)23-10-15(24)9-17(23)13-3-2-4-14(20)8-13/h2-8,11,15,17,24H,9-10H2,1H3/t15-,17-/m1/s1. The van der Waals surface area contributed by atoms with Crippen LogP contribution in [0.1, 0.15) is 34.1 Å². The molecule has 0 radical (unpaired) electrons. The van der Waals surface area contributed by atoms with Crippen molar-refractivity contribution in [2.75, 3.05) is 6.54 Å². The van der Waals surface area contributed by atoms with E-state index in [1.165, 1.54) is 12.1 Å². The van der Waals surface area contributed by atoms with Gasteiger partial charge in [-0.05, 0) is 48.7 Å². The third kappa shape index (κ3) is 2.89. The predicted octanol–water partition coefficient (Wildman–Crippen LogP) is 2.73. The molecular weight excluding hydrogens is 321 g/mol. The average molecular weight is 339 g/mol. The Hall–Kier alpha value is -2.73. The summed E-state index contributed by atoms with van der Waals surface area (Å²) in [5.74, 6) is -0.610. The van der Waals surface area contributed by atoms with E-state index >= 15 is 0 Å². The molecule has 1 N–H and O–H groups in total. The van der Waals surface area contributed by atoms with Gasteiger partial charge in [-0.1, -0.05) is 12.1 Å². The quantitative estimate of drug-likeness (QED) is 0.781. The minimum atomic E-state index is -0.628. The number of likely N-dealkylation sites (tertiary alicyclic amines) is 1. The number of hydrogen-bond acceptors (Lipinski definition) is 3. The largest absolute Gasteiger partial charge is 0.391 e. The van der Waals surface area contributed by atoms with Gasteiger partial charge in [0.15, 0.2) is 0 Å². The molecule has 0 aliphatic carbocycles. The maximum Gasteiger partial charge on any atom is 0.274 e. The Balaban J connectivity index is 1.69. The van der Waals surface area contributed by atoms with E-state index in [0.29, 0.717) is 23.3 Å². The second-order valence-electron chi connectivity index (χ2n) is 6.51. The minimum Gasteiger partial charge on any atom is -0.391 e. The zero-order chi connectivity index (χ0) is 17.6. The predicted molar refractivity (Wildman–Crippen MR) is 90.7 cm³/mol. The van der Waals surface area contributed by atoms with Gasteiger partial charge in [-0.15, -0.1) is 0 Å². The zero-order valence-electron chi connectivity index (χ0n) is 13.8. The van der Waals surface area contributed by atoms with Gasteiger partial charge in [0.2, 0.25) is 0 Å². The molecule has 5 nitrogen and oxygen atoms in total. The van der Waals surface area contributed by atoms with E-state index < -0.39 is 6.10 Å². The summed E-state index contributed by atoms with van der Waals surface area (Å²) < 4.78 is 15.4. The van der Waals surface area contributed by atoms with Crippen molar-refractivity contribution in [3.05, 3.63) is 71.4 Å². The molecule has 1 aliphatic heterocycles. The SMILES string of the molecule is Cc1ccn2cc(C(=O)N3C[C@H](O)C[C@@H]3c3cccc(F)c3)nc2c1. The van der Waals surface area contributed by atoms with E-state index in [2.05, 4.69) is 4.98 Å². The molecule has 1 aliphatic rings. The number of aromatic nitrogens is 2. The number of halogens is 1. The number of aryl methyl sites for hydroxylation is 1. The number of aliphatic hydroxyl groups is 1. The third-order valence-corrected chi connectivity index (χ3v) is 4.61. The molecule has 4 rings (SSSR count). The Bertz CT molecular complexity index is 953. The second kappa shape index (κ2) is 5.97. The molecule has 0 bridgehead atoms. The molecule has 1 amide bonds. The van der Waals surface area contributed by atoms with E-state index in [0.717, 1.165) is 5.56 Å². The Morgan fingerprint density at radius 2 is 2.16 bits per heavy atom. The van der Waals surface area contributed by atoms with Gasteiger partial charge in [0.25, 0.3) is 5.91 Å². The second-order valence-corrected chi connectivity index (χ2v) is 6.51. The highest BCUT2D eigenvalue weighted by Crippen LogP contribution is 2.33. The van der Waals surface area contributed by atoms with Crippen molar-refractivity contribution in [3.8, 4) is 0 Å². The first-order valence-corrected chi connectivity index (χ1v) is 8.21. The van der Waals surface area contributed by atoms with Gasteiger partial charge < -0.3 is 14.4 Å². The smallest absolute Gasteiger partial charge is 0.274 e. The van der Waals surface area contributed by atoms with Crippen molar-refractivity contribution >= 4 is 11.6 Å². The van der Waals surface area contributed by atoms with E-state index in [9.17, 15) is 14.3 Å². The molecule has 0 saturated carbocycles. The van der Waals surface area contributed by atoms with Gasteiger partial charge in [-0.3, -0.25) is 4.79 Å². The highest BCUT2D eigenvalue weighted by molar-refractivity contribution is 5.93. The van der Waals surface area contributed by atoms with Crippen LogP contribution in [0.3, 0.4) is 0 Å². The summed E-state index contributed by atoms with van der Waals surface area (Å²) in [6.45, 7) is 2.18. The third-order valence-electron chi connectivity index (χ3n) is 4.61. The number of hydrogen-bond donors (Lipinski definition) is 1. The van der Waals surface area contributed by atoms with Crippen molar-refractivity contribution in [3.63, 3.8) is 0 Å². The molecule has 1 fully saturated rings. The Labute approximate surface area is 144 Å². The lowest BCUT2D eigenvalue weighted by Gasteiger charge is -2.24. The van der Waals surface area contributed by atoms with Gasteiger partial charge in [0, 0.05) is 18.9 Å². The number of nitrogens with zero attached hydrogens (tertiary/aromatic N) is 3. The van der Waals surface area contributed by atoms with Crippen molar-refractivity contribution in [2.24, 2.45) is 0 Å². The number of imidazole rings is 1. The van der Waals surface area contributed by atoms with Crippen LogP contribution in [0.15, 0.2) is 48.8 Å². The number of β-amino-alcohol motifs (C(OH)–C–C–N with tert-alkyl or cyclic N) is 1. The van der Waals surface area contributed by atoms with Gasteiger partial charge >= 0.3 is 0 Å². The van der Waals surface area contributed by atoms with E-state index in [1.54, 1.807) is 27.6 Å². The summed E-state index contributed by atoms with van der Waals surface area (Å²) in [6, 6.07) is 9.66. The molecule has 3 aromatic rings. The fourth-order valence-electron chi connectivity index (χ4n) is 3.40. The monoisotopic (exact) mass is 339 g/mol. The highest BCUT2D eigenvalue weighted by atomic mass is 19.1. The Morgan fingerprint density at radius 3 is 2.96 bits per heavy atom. The number of amides is 1. The van der Waals surface area contributed by atoms with E-state index in [1.807, 2.05) is 25.3 Å². The molecular formula is C19H18FN3O2. The fourth-order valence-corrected chi connectivity index (χ4v) is 3.40. The molecule has 1 aromatic carbocycles. The number of fused-ring (bicyclic) bond motifs is 1. The topological polar surface area (TPSA) is 57.8 Å². The zero-order valence-corrected chi connectivity index (χ0v) is 13.8. The van der Waals surface area contributed by atoms with Gasteiger partial charge in [0.1, 0.15) is 17.2 Å². The Morgan fingerprint density at radius 1 is 1.32 bits per heavy atom. The molecule has 0 spiro atoms. The Kier molecular flexibility index (Phi) is 3.77. The van der Waals surface area contributed by atoms with Crippen molar-refractivity contribution in [1.82, 2.24) is 14.3 Å².